The van der Waals surface area contributed by atoms with Crippen molar-refractivity contribution in [3.05, 3.63) is 0 Å². The number of alkyl halides is 9. The number of aliphatic hydroxyl groups excluding tert-OH is 1. The zero-order chi connectivity index (χ0) is 13.6. The Balaban J connectivity index is 5.53. The number of halogens is 9. The standard InChI is InChI=1S/C5H3F9O2/c6-2(7,1(15)16)3(8,9)4(10,11)5(12,13)14/h1,15-16H. The Labute approximate surface area is 81.3 Å². The molecule has 2 N–H and O–H groups in total. The van der Waals surface area contributed by atoms with Gasteiger partial charge >= 0.3 is 23.9 Å². The smallest absolute Gasteiger partial charge is 0.363 e. The van der Waals surface area contributed by atoms with E-state index in [9.17, 15) is 39.5 Å². The summed E-state index contributed by atoms with van der Waals surface area (Å²) < 4.78 is 107. The Morgan fingerprint density at radius 1 is 0.625 bits per heavy atom. The molecule has 0 spiro atoms. The van der Waals surface area contributed by atoms with Gasteiger partial charge in [-0.05, 0) is 0 Å². The van der Waals surface area contributed by atoms with Crippen LogP contribution in [0.1, 0.15) is 0 Å². The second-order valence-corrected chi connectivity index (χ2v) is 2.64. The molecule has 0 saturated carbocycles. The van der Waals surface area contributed by atoms with Gasteiger partial charge < -0.3 is 10.2 Å². The highest BCUT2D eigenvalue weighted by molar-refractivity contribution is 5.01. The second kappa shape index (κ2) is 3.65. The summed E-state index contributed by atoms with van der Waals surface area (Å²) in [5, 5.41) is 15.3. The molecule has 0 rings (SSSR count). The van der Waals surface area contributed by atoms with Crippen LogP contribution in [-0.4, -0.2) is 40.4 Å². The van der Waals surface area contributed by atoms with Gasteiger partial charge in [-0.15, -0.1) is 0 Å². The van der Waals surface area contributed by atoms with Gasteiger partial charge in [-0.25, -0.2) is 0 Å². The fraction of sp³-hybridized carbons (Fsp3) is 1.00. The molecule has 0 radical (unpaired) electrons. The molecule has 98 valence electrons. The number of rotatable bonds is 3. The summed E-state index contributed by atoms with van der Waals surface area (Å²) in [5.74, 6) is -20.5. The molecule has 0 heterocycles. The molecule has 0 aliphatic carbocycles. The van der Waals surface area contributed by atoms with Crippen molar-refractivity contribution in [3.8, 4) is 0 Å². The predicted octanol–water partition coefficient (Wildman–Crippen LogP) is 1.77. The van der Waals surface area contributed by atoms with E-state index < -0.39 is 30.2 Å². The van der Waals surface area contributed by atoms with Crippen LogP contribution < -0.4 is 0 Å². The van der Waals surface area contributed by atoms with E-state index in [2.05, 4.69) is 0 Å². The largest absolute Gasteiger partial charge is 0.460 e. The molecule has 0 aromatic rings. The molecule has 0 aliphatic rings. The minimum atomic E-state index is -7.10. The Morgan fingerprint density at radius 2 is 0.938 bits per heavy atom. The lowest BCUT2D eigenvalue weighted by Gasteiger charge is -2.34. The van der Waals surface area contributed by atoms with E-state index in [1.807, 2.05) is 0 Å². The summed E-state index contributed by atoms with van der Waals surface area (Å²) in [6.07, 6.45) is -11.3. The van der Waals surface area contributed by atoms with Gasteiger partial charge in [0.25, 0.3) is 0 Å². The van der Waals surface area contributed by atoms with Crippen molar-refractivity contribution in [2.75, 3.05) is 0 Å². The molecular formula is C5H3F9O2. The SMILES string of the molecule is OC(O)C(F)(F)C(F)(F)C(F)(F)C(F)(F)F. The maximum absolute atomic E-state index is 12.2. The third kappa shape index (κ3) is 1.93. The van der Waals surface area contributed by atoms with Gasteiger partial charge in [0.15, 0.2) is 0 Å². The topological polar surface area (TPSA) is 40.5 Å². The summed E-state index contributed by atoms with van der Waals surface area (Å²) in [7, 11) is 0. The first-order valence-corrected chi connectivity index (χ1v) is 3.26. The van der Waals surface area contributed by atoms with Crippen molar-refractivity contribution in [1.29, 1.82) is 0 Å². The Bertz CT molecular complexity index is 255. The van der Waals surface area contributed by atoms with Crippen LogP contribution in [0.3, 0.4) is 0 Å². The van der Waals surface area contributed by atoms with Crippen molar-refractivity contribution < 1.29 is 49.7 Å². The molecule has 0 atom stereocenters. The van der Waals surface area contributed by atoms with Gasteiger partial charge in [0.05, 0.1) is 0 Å². The highest BCUT2D eigenvalue weighted by atomic mass is 19.4. The van der Waals surface area contributed by atoms with E-state index in [1.54, 1.807) is 0 Å². The molecule has 0 aromatic heterocycles. The molecule has 0 amide bonds. The first-order valence-electron chi connectivity index (χ1n) is 3.26. The van der Waals surface area contributed by atoms with E-state index in [-0.39, 0.29) is 0 Å². The molecule has 11 heteroatoms. The maximum atomic E-state index is 12.2. The van der Waals surface area contributed by atoms with Gasteiger partial charge in [-0.3, -0.25) is 0 Å². The molecule has 2 nitrogen and oxygen atoms in total. The first-order chi connectivity index (χ1) is 6.69. The summed E-state index contributed by atoms with van der Waals surface area (Å²) in [5.41, 5.74) is 0. The molecule has 0 aromatic carbocycles. The summed E-state index contributed by atoms with van der Waals surface area (Å²) in [4.78, 5) is 0. The second-order valence-electron chi connectivity index (χ2n) is 2.64. The maximum Gasteiger partial charge on any atom is 0.460 e. The number of hydrogen-bond acceptors (Lipinski definition) is 2. The summed E-state index contributed by atoms with van der Waals surface area (Å²) >= 11 is 0. The molecule has 0 aliphatic heterocycles. The van der Waals surface area contributed by atoms with Crippen molar-refractivity contribution >= 4 is 0 Å². The van der Waals surface area contributed by atoms with Crippen LogP contribution in [0.5, 0.6) is 0 Å². The molecule has 16 heavy (non-hydrogen) atoms. The summed E-state index contributed by atoms with van der Waals surface area (Å²) in [6, 6.07) is 0. The van der Waals surface area contributed by atoms with Crippen LogP contribution in [0.25, 0.3) is 0 Å². The lowest BCUT2D eigenvalue weighted by Crippen LogP contribution is -2.64. The highest BCUT2D eigenvalue weighted by Gasteiger charge is 2.83. The molecular weight excluding hydrogens is 263 g/mol. The minimum Gasteiger partial charge on any atom is -0.363 e. The molecule has 0 bridgehead atoms. The van der Waals surface area contributed by atoms with Gasteiger partial charge in [-0.1, -0.05) is 0 Å². The predicted molar refractivity (Wildman–Crippen MR) is 29.1 cm³/mol. The monoisotopic (exact) mass is 266 g/mol. The van der Waals surface area contributed by atoms with Crippen molar-refractivity contribution in [3.63, 3.8) is 0 Å². The van der Waals surface area contributed by atoms with Crippen LogP contribution >= 0.6 is 0 Å². The quantitative estimate of drug-likeness (QED) is 0.603. The fourth-order valence-corrected chi connectivity index (χ4v) is 0.549. The van der Waals surface area contributed by atoms with E-state index in [0.29, 0.717) is 0 Å². The molecule has 0 unspecified atom stereocenters. The summed E-state index contributed by atoms with van der Waals surface area (Å²) in [6.45, 7) is 0. The van der Waals surface area contributed by atoms with Gasteiger partial charge in [-0.2, -0.15) is 39.5 Å². The van der Waals surface area contributed by atoms with Crippen LogP contribution in [0.4, 0.5) is 39.5 Å². The van der Waals surface area contributed by atoms with Crippen molar-refractivity contribution in [2.45, 2.75) is 30.2 Å². The zero-order valence-corrected chi connectivity index (χ0v) is 6.87. The fourth-order valence-electron chi connectivity index (χ4n) is 0.549. The third-order valence-corrected chi connectivity index (χ3v) is 1.49. The van der Waals surface area contributed by atoms with Gasteiger partial charge in [0.1, 0.15) is 0 Å². The number of aliphatic hydroxyl groups is 2. The Morgan fingerprint density at radius 3 is 1.12 bits per heavy atom. The average molecular weight is 266 g/mol. The van der Waals surface area contributed by atoms with Crippen LogP contribution in [-0.2, 0) is 0 Å². The van der Waals surface area contributed by atoms with Crippen LogP contribution in [0, 0.1) is 0 Å². The lowest BCUT2D eigenvalue weighted by atomic mass is 10.0. The normalized spacial score (nSPS) is 15.8. The van der Waals surface area contributed by atoms with Crippen LogP contribution in [0.15, 0.2) is 0 Å². The Kier molecular flexibility index (Phi) is 3.49. The van der Waals surface area contributed by atoms with Crippen LogP contribution in [0.2, 0.25) is 0 Å². The van der Waals surface area contributed by atoms with Gasteiger partial charge in [0, 0.05) is 0 Å². The molecule has 0 fully saturated rings. The highest BCUT2D eigenvalue weighted by Crippen LogP contribution is 2.53. The van der Waals surface area contributed by atoms with Crippen molar-refractivity contribution in [2.24, 2.45) is 0 Å². The van der Waals surface area contributed by atoms with E-state index in [0.717, 1.165) is 0 Å². The first kappa shape index (κ1) is 15.3. The third-order valence-electron chi connectivity index (χ3n) is 1.49. The average Bonchev–Trinajstić information content (AvgIpc) is 2.00. The molecule has 0 saturated heterocycles. The zero-order valence-electron chi connectivity index (χ0n) is 6.87. The minimum absolute atomic E-state index is 4.37. The number of hydrogen-bond donors (Lipinski definition) is 2. The van der Waals surface area contributed by atoms with Gasteiger partial charge in [0.2, 0.25) is 6.29 Å². The van der Waals surface area contributed by atoms with Crippen molar-refractivity contribution in [1.82, 2.24) is 0 Å². The van der Waals surface area contributed by atoms with E-state index in [1.165, 1.54) is 0 Å². The van der Waals surface area contributed by atoms with E-state index >= 15 is 0 Å². The lowest BCUT2D eigenvalue weighted by molar-refractivity contribution is -0.418. The Hall–Kier alpha value is -0.710. The van der Waals surface area contributed by atoms with E-state index in [4.69, 9.17) is 10.2 Å².